The number of anilines is 2. The lowest BCUT2D eigenvalue weighted by atomic mass is 9.77. The van der Waals surface area contributed by atoms with Gasteiger partial charge in [-0.1, -0.05) is 18.2 Å². The molecule has 5 rings (SSSR count). The second-order valence-electron chi connectivity index (χ2n) is 9.72. The lowest BCUT2D eigenvalue weighted by Crippen LogP contribution is -2.51. The number of hydrogen-bond donors (Lipinski definition) is 2. The summed E-state index contributed by atoms with van der Waals surface area (Å²) >= 11 is 0. The largest absolute Gasteiger partial charge is 0.478 e. The molecule has 3 heterocycles. The molecule has 3 aromatic rings. The second-order valence-corrected chi connectivity index (χ2v) is 9.72. The zero-order valence-corrected chi connectivity index (χ0v) is 19.8. The third-order valence-corrected chi connectivity index (χ3v) is 7.25. The quantitative estimate of drug-likeness (QED) is 0.596. The summed E-state index contributed by atoms with van der Waals surface area (Å²) in [6.07, 6.45) is 2.07. The molecular formula is C26H30N4O4. The van der Waals surface area contributed by atoms with Crippen LogP contribution in [-0.4, -0.2) is 46.9 Å². The minimum Gasteiger partial charge on any atom is -0.478 e. The Labute approximate surface area is 198 Å². The van der Waals surface area contributed by atoms with Gasteiger partial charge in [0.2, 0.25) is 5.95 Å². The molecule has 0 bridgehead atoms. The van der Waals surface area contributed by atoms with E-state index >= 15 is 0 Å². The van der Waals surface area contributed by atoms with Crippen LogP contribution in [0.1, 0.15) is 47.3 Å². The van der Waals surface area contributed by atoms with Gasteiger partial charge in [-0.2, -0.15) is 0 Å². The van der Waals surface area contributed by atoms with E-state index < -0.39 is 5.97 Å². The van der Waals surface area contributed by atoms with Crippen molar-refractivity contribution in [1.29, 1.82) is 0 Å². The number of ether oxygens (including phenoxy) is 1. The summed E-state index contributed by atoms with van der Waals surface area (Å²) in [4.78, 5) is 32.3. The molecule has 2 aliphatic heterocycles. The predicted molar refractivity (Wildman–Crippen MR) is 132 cm³/mol. The van der Waals surface area contributed by atoms with E-state index in [4.69, 9.17) is 9.72 Å². The van der Waals surface area contributed by atoms with E-state index in [9.17, 15) is 14.7 Å². The molecule has 0 amide bonds. The number of fused-ring (bicyclic) bond motifs is 1. The van der Waals surface area contributed by atoms with Gasteiger partial charge >= 0.3 is 5.97 Å². The van der Waals surface area contributed by atoms with Gasteiger partial charge in [0.15, 0.2) is 0 Å². The highest BCUT2D eigenvalue weighted by Crippen LogP contribution is 2.39. The minimum atomic E-state index is -0.988. The lowest BCUT2D eigenvalue weighted by Gasteiger charge is -2.47. The molecule has 178 valence electrons. The van der Waals surface area contributed by atoms with E-state index in [0.29, 0.717) is 28.0 Å². The van der Waals surface area contributed by atoms with Crippen molar-refractivity contribution >= 4 is 28.5 Å². The molecule has 8 nitrogen and oxygen atoms in total. The Hall–Kier alpha value is -3.39. The number of hydrogen-bond acceptors (Lipinski definition) is 6. The number of rotatable bonds is 5. The number of aromatic nitrogens is 2. The average molecular weight is 463 g/mol. The summed E-state index contributed by atoms with van der Waals surface area (Å²) in [6, 6.07) is 10.5. The number of carboxylic acids is 1. The molecule has 1 atom stereocenters. The van der Waals surface area contributed by atoms with E-state index in [-0.39, 0.29) is 17.2 Å². The molecule has 0 aliphatic carbocycles. The maximum Gasteiger partial charge on any atom is 0.337 e. The van der Waals surface area contributed by atoms with Gasteiger partial charge in [-0.3, -0.25) is 9.36 Å². The van der Waals surface area contributed by atoms with Crippen LogP contribution < -0.4 is 15.8 Å². The number of nitrogens with zero attached hydrogens (tertiary/aromatic N) is 3. The molecule has 0 unspecified atom stereocenters. The van der Waals surface area contributed by atoms with Crippen LogP contribution in [0.15, 0.2) is 41.2 Å². The van der Waals surface area contributed by atoms with E-state index in [2.05, 4.69) is 10.2 Å². The minimum absolute atomic E-state index is 0.0737. The summed E-state index contributed by atoms with van der Waals surface area (Å²) in [6.45, 7) is 7.27. The Morgan fingerprint density at radius 2 is 1.91 bits per heavy atom. The third-order valence-electron chi connectivity index (χ3n) is 7.25. The van der Waals surface area contributed by atoms with Crippen molar-refractivity contribution in [2.75, 3.05) is 36.5 Å². The van der Waals surface area contributed by atoms with E-state index in [1.807, 2.05) is 26.0 Å². The molecule has 2 saturated heterocycles. The summed E-state index contributed by atoms with van der Waals surface area (Å²) in [5.41, 5.74) is 3.45. The number of benzene rings is 2. The SMILES string of the molecule is Cc1cc([C@H](C)Nc2ccccc2C(=O)O)c2nc(N3CCC4(CC3)COC4)n(C)c(=O)c2c1. The Balaban J connectivity index is 1.54. The zero-order valence-electron chi connectivity index (χ0n) is 19.8. The Kier molecular flexibility index (Phi) is 5.56. The van der Waals surface area contributed by atoms with Crippen LogP contribution >= 0.6 is 0 Å². The predicted octanol–water partition coefficient (Wildman–Crippen LogP) is 3.73. The van der Waals surface area contributed by atoms with Crippen LogP contribution in [0.3, 0.4) is 0 Å². The molecular weight excluding hydrogens is 432 g/mol. The number of carboxylic acid groups (broad SMARTS) is 1. The summed E-state index contributed by atoms with van der Waals surface area (Å²) in [7, 11) is 1.79. The monoisotopic (exact) mass is 462 g/mol. The van der Waals surface area contributed by atoms with Crippen molar-refractivity contribution < 1.29 is 14.6 Å². The van der Waals surface area contributed by atoms with Crippen molar-refractivity contribution in [2.24, 2.45) is 12.5 Å². The summed E-state index contributed by atoms with van der Waals surface area (Å²) in [5, 5.41) is 13.5. The number of carbonyl (C=O) groups is 1. The van der Waals surface area contributed by atoms with Crippen molar-refractivity contribution in [3.63, 3.8) is 0 Å². The first-order valence-corrected chi connectivity index (χ1v) is 11.7. The van der Waals surface area contributed by atoms with Gasteiger partial charge in [0.25, 0.3) is 5.56 Å². The Morgan fingerprint density at radius 1 is 1.21 bits per heavy atom. The van der Waals surface area contributed by atoms with Crippen LogP contribution in [0, 0.1) is 12.3 Å². The molecule has 1 aromatic heterocycles. The molecule has 2 aliphatic rings. The van der Waals surface area contributed by atoms with Crippen LogP contribution in [0.5, 0.6) is 0 Å². The highest BCUT2D eigenvalue weighted by molar-refractivity contribution is 5.94. The normalized spacial score (nSPS) is 18.0. The smallest absolute Gasteiger partial charge is 0.337 e. The van der Waals surface area contributed by atoms with E-state index in [1.54, 1.807) is 35.9 Å². The van der Waals surface area contributed by atoms with Crippen molar-refractivity contribution in [1.82, 2.24) is 9.55 Å². The molecule has 34 heavy (non-hydrogen) atoms. The van der Waals surface area contributed by atoms with Gasteiger partial charge < -0.3 is 20.1 Å². The highest BCUT2D eigenvalue weighted by atomic mass is 16.5. The van der Waals surface area contributed by atoms with Gasteiger partial charge in [-0.05, 0) is 50.5 Å². The first kappa shape index (κ1) is 22.4. The topological polar surface area (TPSA) is 96.7 Å². The van der Waals surface area contributed by atoms with Crippen molar-refractivity contribution in [2.45, 2.75) is 32.7 Å². The average Bonchev–Trinajstić information content (AvgIpc) is 2.80. The first-order valence-electron chi connectivity index (χ1n) is 11.7. The Bertz CT molecular complexity index is 1320. The third kappa shape index (κ3) is 3.81. The molecule has 0 radical (unpaired) electrons. The molecule has 2 fully saturated rings. The van der Waals surface area contributed by atoms with Gasteiger partial charge in [-0.15, -0.1) is 0 Å². The first-order chi connectivity index (χ1) is 16.3. The zero-order chi connectivity index (χ0) is 24.0. The van der Waals surface area contributed by atoms with Crippen molar-refractivity contribution in [3.8, 4) is 0 Å². The maximum absolute atomic E-state index is 13.4. The van der Waals surface area contributed by atoms with Crippen molar-refractivity contribution in [3.05, 3.63) is 63.4 Å². The summed E-state index contributed by atoms with van der Waals surface area (Å²) in [5.74, 6) is -0.311. The van der Waals surface area contributed by atoms with Gasteiger partial charge in [0.1, 0.15) is 0 Å². The fourth-order valence-electron chi connectivity index (χ4n) is 5.12. The molecule has 0 saturated carbocycles. The molecule has 2 aromatic carbocycles. The number of nitrogens with one attached hydrogen (secondary N) is 1. The molecule has 1 spiro atoms. The number of aryl methyl sites for hydroxylation is 1. The van der Waals surface area contributed by atoms with Crippen LogP contribution in [0.4, 0.5) is 11.6 Å². The lowest BCUT2D eigenvalue weighted by molar-refractivity contribution is -0.124. The fraction of sp³-hybridized carbons (Fsp3) is 0.423. The number of piperidine rings is 1. The fourth-order valence-corrected chi connectivity index (χ4v) is 5.12. The van der Waals surface area contributed by atoms with E-state index in [0.717, 1.165) is 50.3 Å². The van der Waals surface area contributed by atoms with Gasteiger partial charge in [-0.25, -0.2) is 9.78 Å². The number of aromatic carboxylic acids is 1. The summed E-state index contributed by atoms with van der Waals surface area (Å²) < 4.78 is 7.10. The molecule has 8 heteroatoms. The maximum atomic E-state index is 13.4. The Morgan fingerprint density at radius 3 is 2.56 bits per heavy atom. The van der Waals surface area contributed by atoms with Crippen LogP contribution in [-0.2, 0) is 11.8 Å². The number of para-hydroxylation sites is 1. The van der Waals surface area contributed by atoms with E-state index in [1.165, 1.54) is 0 Å². The second kappa shape index (κ2) is 8.43. The van der Waals surface area contributed by atoms with Crippen LogP contribution in [0.2, 0.25) is 0 Å². The van der Waals surface area contributed by atoms with Gasteiger partial charge in [0, 0.05) is 36.8 Å². The van der Waals surface area contributed by atoms with Crippen LogP contribution in [0.25, 0.3) is 10.9 Å². The molecule has 2 N–H and O–H groups in total. The highest BCUT2D eigenvalue weighted by Gasteiger charge is 2.41. The van der Waals surface area contributed by atoms with Gasteiger partial charge in [0.05, 0.1) is 35.7 Å². The standard InChI is InChI=1S/C26H30N4O4/c1-16-12-19(17(2)27-21-7-5-4-6-18(21)24(32)33)22-20(13-16)23(31)29(3)25(28-22)30-10-8-26(9-11-30)14-34-15-26/h4-7,12-13,17,27H,8-11,14-15H2,1-3H3,(H,32,33)/t17-/m0/s1.